The lowest BCUT2D eigenvalue weighted by atomic mass is 10.1. The zero-order valence-corrected chi connectivity index (χ0v) is 9.53. The predicted octanol–water partition coefficient (Wildman–Crippen LogP) is 3.19. The van der Waals surface area contributed by atoms with Gasteiger partial charge in [-0.3, -0.25) is 10.1 Å². The van der Waals surface area contributed by atoms with Gasteiger partial charge >= 0.3 is 5.69 Å². The van der Waals surface area contributed by atoms with Gasteiger partial charge < -0.3 is 5.32 Å². The molecule has 1 N–H and O–H groups in total. The number of anilines is 1. The van der Waals surface area contributed by atoms with Crippen LogP contribution >= 0.6 is 0 Å². The Kier molecular flexibility index (Phi) is 3.82. The molecule has 0 saturated carbocycles. The second-order valence-corrected chi connectivity index (χ2v) is 4.07. The van der Waals surface area contributed by atoms with Crippen molar-refractivity contribution in [3.05, 3.63) is 34.1 Å². The zero-order valence-electron chi connectivity index (χ0n) is 9.53. The summed E-state index contributed by atoms with van der Waals surface area (Å²) in [6, 6.07) is 4.10. The van der Waals surface area contributed by atoms with Gasteiger partial charge in [-0.2, -0.15) is 4.39 Å². The fourth-order valence-corrected chi connectivity index (χ4v) is 1.23. The largest absolute Gasteiger partial charge is 0.377 e. The maximum atomic E-state index is 13.3. The molecule has 0 aromatic heterocycles. The van der Waals surface area contributed by atoms with Crippen molar-refractivity contribution in [3.8, 4) is 0 Å². The van der Waals surface area contributed by atoms with Crippen LogP contribution in [-0.4, -0.2) is 11.0 Å². The summed E-state index contributed by atoms with van der Waals surface area (Å²) in [7, 11) is 0. The summed E-state index contributed by atoms with van der Waals surface area (Å²) < 4.78 is 13.3. The third-order valence-corrected chi connectivity index (χ3v) is 2.55. The van der Waals surface area contributed by atoms with Gasteiger partial charge in [0.2, 0.25) is 5.82 Å². The Balaban J connectivity index is 3.04. The van der Waals surface area contributed by atoms with Crippen LogP contribution in [0.25, 0.3) is 0 Å². The van der Waals surface area contributed by atoms with Gasteiger partial charge in [-0.15, -0.1) is 0 Å². The van der Waals surface area contributed by atoms with Gasteiger partial charge in [0.25, 0.3) is 0 Å². The fourth-order valence-electron chi connectivity index (χ4n) is 1.23. The van der Waals surface area contributed by atoms with Crippen LogP contribution in [0.1, 0.15) is 20.8 Å². The van der Waals surface area contributed by atoms with Crippen LogP contribution in [0.5, 0.6) is 0 Å². The molecule has 0 spiro atoms. The maximum Gasteiger partial charge on any atom is 0.327 e. The predicted molar refractivity (Wildman–Crippen MR) is 61.0 cm³/mol. The molecule has 0 heterocycles. The first-order chi connectivity index (χ1) is 7.43. The molecule has 0 bridgehead atoms. The monoisotopic (exact) mass is 226 g/mol. The number of benzene rings is 1. The van der Waals surface area contributed by atoms with E-state index in [0.717, 1.165) is 6.07 Å². The molecule has 4 nitrogen and oxygen atoms in total. The van der Waals surface area contributed by atoms with Crippen LogP contribution in [0.15, 0.2) is 18.2 Å². The quantitative estimate of drug-likeness (QED) is 0.633. The van der Waals surface area contributed by atoms with Gasteiger partial charge in [0, 0.05) is 6.04 Å². The summed E-state index contributed by atoms with van der Waals surface area (Å²) in [4.78, 5) is 10.0. The normalized spacial score (nSPS) is 12.6. The van der Waals surface area contributed by atoms with Crippen LogP contribution in [0.2, 0.25) is 0 Å². The van der Waals surface area contributed by atoms with E-state index in [1.54, 1.807) is 0 Å². The number of nitro groups is 1. The Morgan fingerprint density at radius 2 is 2.00 bits per heavy atom. The van der Waals surface area contributed by atoms with Crippen molar-refractivity contribution >= 4 is 11.4 Å². The molecule has 88 valence electrons. The lowest BCUT2D eigenvalue weighted by Crippen LogP contribution is -2.22. The number of rotatable bonds is 4. The summed E-state index contributed by atoms with van der Waals surface area (Å²) in [5, 5.41) is 13.7. The molecule has 1 unspecified atom stereocenters. The van der Waals surface area contributed by atoms with Crippen LogP contribution in [0.3, 0.4) is 0 Å². The Bertz CT molecular complexity index is 394. The number of nitrogens with zero attached hydrogens (tertiary/aromatic N) is 1. The van der Waals surface area contributed by atoms with Gasteiger partial charge in [0.15, 0.2) is 0 Å². The van der Waals surface area contributed by atoms with E-state index < -0.39 is 16.4 Å². The molecule has 1 aromatic carbocycles. The summed E-state index contributed by atoms with van der Waals surface area (Å²) in [6.45, 7) is 5.88. The van der Waals surface area contributed by atoms with E-state index in [-0.39, 0.29) is 11.7 Å². The summed E-state index contributed by atoms with van der Waals surface area (Å²) >= 11 is 0. The number of nitro benzene ring substituents is 1. The first kappa shape index (κ1) is 12.4. The van der Waals surface area contributed by atoms with Crippen molar-refractivity contribution in [3.63, 3.8) is 0 Å². The van der Waals surface area contributed by atoms with Crippen LogP contribution in [0.4, 0.5) is 15.8 Å². The minimum Gasteiger partial charge on any atom is -0.377 e. The topological polar surface area (TPSA) is 55.2 Å². The number of nitrogens with one attached hydrogen (secondary N) is 1. The molecular formula is C11H15FN2O2. The second kappa shape index (κ2) is 4.92. The lowest BCUT2D eigenvalue weighted by Gasteiger charge is -2.18. The van der Waals surface area contributed by atoms with Gasteiger partial charge in [-0.05, 0) is 25.0 Å². The van der Waals surface area contributed by atoms with E-state index >= 15 is 0 Å². The molecule has 0 amide bonds. The lowest BCUT2D eigenvalue weighted by molar-refractivity contribution is -0.386. The molecule has 0 saturated heterocycles. The van der Waals surface area contributed by atoms with E-state index in [1.807, 2.05) is 20.8 Å². The molecule has 0 radical (unpaired) electrons. The van der Waals surface area contributed by atoms with Crippen LogP contribution < -0.4 is 5.32 Å². The van der Waals surface area contributed by atoms with Crippen molar-refractivity contribution < 1.29 is 9.31 Å². The molecule has 0 fully saturated rings. The zero-order chi connectivity index (χ0) is 12.3. The highest BCUT2D eigenvalue weighted by atomic mass is 19.1. The molecule has 1 atom stereocenters. The Hall–Kier alpha value is -1.65. The molecule has 5 heteroatoms. The Labute approximate surface area is 93.6 Å². The van der Waals surface area contributed by atoms with E-state index in [1.165, 1.54) is 12.1 Å². The fraction of sp³-hybridized carbons (Fsp3) is 0.455. The second-order valence-electron chi connectivity index (χ2n) is 4.07. The standard InChI is InChI=1S/C11H15FN2O2/c1-7(2)8(3)13-10-6-4-5-9(12)11(10)14(15)16/h4-8,13H,1-3H3. The first-order valence-corrected chi connectivity index (χ1v) is 5.13. The van der Waals surface area contributed by atoms with Gasteiger partial charge in [-0.1, -0.05) is 19.9 Å². The minimum atomic E-state index is -0.814. The van der Waals surface area contributed by atoms with Crippen molar-refractivity contribution in [2.24, 2.45) is 5.92 Å². The average Bonchev–Trinajstić information content (AvgIpc) is 2.16. The maximum absolute atomic E-state index is 13.3. The minimum absolute atomic E-state index is 0.0421. The molecule has 16 heavy (non-hydrogen) atoms. The molecular weight excluding hydrogens is 211 g/mol. The van der Waals surface area contributed by atoms with Crippen LogP contribution in [-0.2, 0) is 0 Å². The third kappa shape index (κ3) is 2.68. The van der Waals surface area contributed by atoms with E-state index in [4.69, 9.17) is 0 Å². The molecule has 1 rings (SSSR count). The Morgan fingerprint density at radius 1 is 1.38 bits per heavy atom. The van der Waals surface area contributed by atoms with Gasteiger partial charge in [-0.25, -0.2) is 0 Å². The number of hydrogen-bond acceptors (Lipinski definition) is 3. The smallest absolute Gasteiger partial charge is 0.327 e. The van der Waals surface area contributed by atoms with Crippen molar-refractivity contribution in [1.82, 2.24) is 0 Å². The SMILES string of the molecule is CC(C)C(C)Nc1cccc(F)c1[N+](=O)[O-]. The molecule has 0 aliphatic carbocycles. The first-order valence-electron chi connectivity index (χ1n) is 5.13. The summed E-state index contributed by atoms with van der Waals surface area (Å²) in [5.41, 5.74) is -0.263. The highest BCUT2D eigenvalue weighted by Crippen LogP contribution is 2.28. The van der Waals surface area contributed by atoms with E-state index in [0.29, 0.717) is 5.92 Å². The highest BCUT2D eigenvalue weighted by Gasteiger charge is 2.21. The summed E-state index contributed by atoms with van der Waals surface area (Å²) in [6.07, 6.45) is 0. The van der Waals surface area contributed by atoms with E-state index in [2.05, 4.69) is 5.32 Å². The average molecular weight is 226 g/mol. The van der Waals surface area contributed by atoms with Crippen LogP contribution in [0, 0.1) is 21.8 Å². The molecule has 0 aliphatic rings. The van der Waals surface area contributed by atoms with E-state index in [9.17, 15) is 14.5 Å². The van der Waals surface area contributed by atoms with Gasteiger partial charge in [0.1, 0.15) is 5.69 Å². The number of halogens is 1. The summed E-state index contributed by atoms with van der Waals surface area (Å²) in [5.74, 6) is -0.506. The van der Waals surface area contributed by atoms with Crippen molar-refractivity contribution in [2.45, 2.75) is 26.8 Å². The third-order valence-electron chi connectivity index (χ3n) is 2.55. The van der Waals surface area contributed by atoms with Gasteiger partial charge in [0.05, 0.1) is 4.92 Å². The molecule has 0 aliphatic heterocycles. The number of hydrogen-bond donors (Lipinski definition) is 1. The van der Waals surface area contributed by atoms with Crippen molar-refractivity contribution in [1.29, 1.82) is 0 Å². The number of para-hydroxylation sites is 1. The molecule has 1 aromatic rings. The Morgan fingerprint density at radius 3 is 2.50 bits per heavy atom. The van der Waals surface area contributed by atoms with Crippen molar-refractivity contribution in [2.75, 3.05) is 5.32 Å². The highest BCUT2D eigenvalue weighted by molar-refractivity contribution is 5.62.